The predicted molar refractivity (Wildman–Crippen MR) is 308 cm³/mol. The van der Waals surface area contributed by atoms with Crippen molar-refractivity contribution in [3.05, 3.63) is 231 Å². The van der Waals surface area contributed by atoms with Gasteiger partial charge in [0.15, 0.2) is 0 Å². The van der Waals surface area contributed by atoms with Crippen molar-refractivity contribution in [3.8, 4) is 45.3 Å². The quantitative estimate of drug-likeness (QED) is 0.164. The van der Waals surface area contributed by atoms with Gasteiger partial charge in [-0.15, -0.1) is 0 Å². The molecule has 5 nitrogen and oxygen atoms in total. The maximum absolute atomic E-state index is 7.41. The Morgan fingerprint density at radius 2 is 1.03 bits per heavy atom. The Morgan fingerprint density at radius 1 is 0.365 bits per heavy atom. The molecule has 8 heteroatoms. The van der Waals surface area contributed by atoms with E-state index < -0.39 is 0 Å². The Balaban J connectivity index is 1.04. The van der Waals surface area contributed by atoms with Crippen molar-refractivity contribution in [2.24, 2.45) is 0 Å². The summed E-state index contributed by atoms with van der Waals surface area (Å²) in [5.74, 6) is 3.21. The summed E-state index contributed by atoms with van der Waals surface area (Å²) in [5.41, 5.74) is 20.2. The molecule has 342 valence electrons. The zero-order valence-electron chi connectivity index (χ0n) is 39.6. The van der Waals surface area contributed by atoms with Gasteiger partial charge in [0, 0.05) is 5.39 Å². The monoisotopic (exact) mass is 1010 g/mol. The third-order valence-electron chi connectivity index (χ3n) is 15.9. The van der Waals surface area contributed by atoms with Crippen LogP contribution >= 0.6 is 0 Å². The molecule has 0 fully saturated rings. The third kappa shape index (κ3) is 5.56. The first-order valence-corrected chi connectivity index (χ1v) is 27.0. The van der Waals surface area contributed by atoms with Crippen molar-refractivity contribution in [2.75, 3.05) is 9.80 Å². The van der Waals surface area contributed by atoms with Gasteiger partial charge in [0.1, 0.15) is 5.58 Å². The summed E-state index contributed by atoms with van der Waals surface area (Å²) in [6.45, 7) is -0.323. The number of hydrogen-bond acceptors (Lipinski definition) is 5. The number of hydrogen-bond donors (Lipinski definition) is 0. The summed E-state index contributed by atoms with van der Waals surface area (Å²) in [4.78, 5) is 5.20. The molecule has 17 rings (SSSR count). The van der Waals surface area contributed by atoms with Gasteiger partial charge in [0.2, 0.25) is 0 Å². The van der Waals surface area contributed by atoms with Crippen LogP contribution in [0.2, 0.25) is 0 Å². The molecular weight excluding hydrogens is 969 g/mol. The second-order valence-electron chi connectivity index (χ2n) is 19.8. The van der Waals surface area contributed by atoms with Crippen molar-refractivity contribution < 1.29 is 13.9 Å². The number of ether oxygens (including phenoxy) is 2. The third-order valence-corrected chi connectivity index (χ3v) is 18.3. The molecule has 0 bridgehead atoms. The number of para-hydroxylation sites is 5. The van der Waals surface area contributed by atoms with Crippen LogP contribution < -0.4 is 52.1 Å². The van der Waals surface area contributed by atoms with Crippen LogP contribution in [0, 0.1) is 0 Å². The van der Waals surface area contributed by atoms with E-state index in [1.165, 1.54) is 52.7 Å². The van der Waals surface area contributed by atoms with Gasteiger partial charge >= 0.3 is 394 Å². The zero-order valence-corrected chi connectivity index (χ0v) is 41.3. The molecule has 6 heterocycles. The summed E-state index contributed by atoms with van der Waals surface area (Å²) in [6, 6.07) is 84.3. The molecule has 0 amide bonds. The van der Waals surface area contributed by atoms with E-state index in [2.05, 4.69) is 228 Å². The van der Waals surface area contributed by atoms with Crippen LogP contribution in [0.5, 0.6) is 23.0 Å². The van der Waals surface area contributed by atoms with Crippen molar-refractivity contribution in [3.63, 3.8) is 0 Å². The van der Waals surface area contributed by atoms with Crippen LogP contribution in [0.3, 0.4) is 0 Å². The van der Waals surface area contributed by atoms with E-state index in [0.29, 0.717) is 0 Å². The Hall–Kier alpha value is -8.93. The van der Waals surface area contributed by atoms with Crippen molar-refractivity contribution in [2.45, 2.75) is 0 Å². The topological polar surface area (TPSA) is 38.1 Å². The fourth-order valence-corrected chi connectivity index (χ4v) is 15.4. The van der Waals surface area contributed by atoms with Crippen molar-refractivity contribution in [1.82, 2.24) is 0 Å². The zero-order chi connectivity index (χ0) is 48.2. The van der Waals surface area contributed by atoms with E-state index in [9.17, 15) is 0 Å². The first-order valence-electron chi connectivity index (χ1n) is 25.3. The summed E-state index contributed by atoms with van der Waals surface area (Å²) < 4.78 is 23.9. The first-order chi connectivity index (χ1) is 36.7. The standard InChI is InChI=1S/C66H38B2N2O3Se/c1-4-19-39(20-5-1)42-27-18-28-43(40-21-6-2-7-22-40)64(42)70-51-36-55-49(68-47-30-13-16-33-54(47)73-66-60-44-25-10-15-32-53(44)71-56(60)38-57(72-55)63(66)68)35-48(51)67-46-29-12-14-31-50(46)69(41-23-8-3-9-24-41)65-61-45-26-11-17-34-58(45)74-59(61)37-52(70)62(65)67/h1-38H. The molecule has 4 aliphatic heterocycles. The number of rotatable bonds is 4. The molecule has 13 aromatic rings. The van der Waals surface area contributed by atoms with Gasteiger partial charge in [0.05, 0.1) is 0 Å². The fourth-order valence-electron chi connectivity index (χ4n) is 13.0. The van der Waals surface area contributed by atoms with Crippen molar-refractivity contribution >= 4 is 136 Å². The molecule has 2 aromatic heterocycles. The molecule has 0 atom stereocenters. The number of nitrogens with zero attached hydrogens (tertiary/aromatic N) is 2. The van der Waals surface area contributed by atoms with Crippen LogP contribution in [0.1, 0.15) is 0 Å². The van der Waals surface area contributed by atoms with Gasteiger partial charge in [-0.3, -0.25) is 0 Å². The summed E-state index contributed by atoms with van der Waals surface area (Å²) in [7, 11) is 0. The van der Waals surface area contributed by atoms with Gasteiger partial charge in [-0.05, 0) is 6.07 Å². The van der Waals surface area contributed by atoms with Crippen LogP contribution in [-0.2, 0) is 0 Å². The minimum absolute atomic E-state index is 0.0538. The second-order valence-corrected chi connectivity index (χ2v) is 22.0. The van der Waals surface area contributed by atoms with Crippen molar-refractivity contribution in [1.29, 1.82) is 0 Å². The van der Waals surface area contributed by atoms with Gasteiger partial charge in [-0.2, -0.15) is 0 Å². The molecule has 0 saturated heterocycles. The van der Waals surface area contributed by atoms with Gasteiger partial charge < -0.3 is 0 Å². The number of furan rings is 1. The molecule has 4 aliphatic rings. The summed E-state index contributed by atoms with van der Waals surface area (Å²) >= 11 is 0.0538. The Labute approximate surface area is 433 Å². The van der Waals surface area contributed by atoms with Crippen LogP contribution in [-0.4, -0.2) is 27.9 Å². The van der Waals surface area contributed by atoms with E-state index in [0.717, 1.165) is 101 Å². The van der Waals surface area contributed by atoms with E-state index in [-0.39, 0.29) is 27.9 Å². The molecule has 0 unspecified atom stereocenters. The van der Waals surface area contributed by atoms with Crippen LogP contribution in [0.25, 0.3) is 63.5 Å². The first kappa shape index (κ1) is 40.6. The molecule has 0 N–H and O–H groups in total. The minimum atomic E-state index is -0.183. The van der Waals surface area contributed by atoms with E-state index in [1.54, 1.807) is 0 Å². The van der Waals surface area contributed by atoms with E-state index in [4.69, 9.17) is 13.9 Å². The van der Waals surface area contributed by atoms with Gasteiger partial charge in [0.25, 0.3) is 0 Å². The van der Waals surface area contributed by atoms with Crippen LogP contribution in [0.15, 0.2) is 235 Å². The molecule has 11 aromatic carbocycles. The normalized spacial score (nSPS) is 13.5. The average Bonchev–Trinajstić information content (AvgIpc) is 4.14. The molecule has 0 aliphatic carbocycles. The summed E-state index contributed by atoms with van der Waals surface area (Å²) in [6.07, 6.45) is 0. The average molecular weight is 1010 g/mol. The van der Waals surface area contributed by atoms with Gasteiger partial charge in [-0.1, -0.05) is 24.3 Å². The molecule has 0 radical (unpaired) electrons. The van der Waals surface area contributed by atoms with E-state index >= 15 is 0 Å². The number of benzene rings is 11. The number of fused-ring (bicyclic) bond motifs is 16. The Bertz CT molecular complexity index is 4480. The Kier molecular flexibility index (Phi) is 8.40. The maximum atomic E-state index is 7.41. The number of anilines is 6. The SMILES string of the molecule is c1ccc(-c2cccc(-c3ccccc3)c2N2c3cc4c(cc3B3c5ccccc5N(c5ccccc5)c5c3c2cc2[se]c3ccccc3c52)B2c3ccccc3Oc3c2c(cc2oc5ccccc5c32)O4)cc1. The summed E-state index contributed by atoms with van der Waals surface area (Å²) in [5, 5.41) is 4.65. The van der Waals surface area contributed by atoms with Crippen LogP contribution in [0.4, 0.5) is 34.1 Å². The fraction of sp³-hybridized carbons (Fsp3) is 0. The molecule has 0 saturated carbocycles. The predicted octanol–water partition coefficient (Wildman–Crippen LogP) is 13.1. The molecular formula is C66H38B2N2O3Se. The Morgan fingerprint density at radius 3 is 1.82 bits per heavy atom. The molecule has 0 spiro atoms. The van der Waals surface area contributed by atoms with Gasteiger partial charge in [-0.25, -0.2) is 0 Å². The second kappa shape index (κ2) is 15.3. The van der Waals surface area contributed by atoms with E-state index in [1.807, 2.05) is 12.1 Å². The molecule has 74 heavy (non-hydrogen) atoms.